The zero-order valence-corrected chi connectivity index (χ0v) is 10.6. The molecule has 0 aliphatic heterocycles. The van der Waals surface area contributed by atoms with E-state index in [0.29, 0.717) is 6.54 Å². The Labute approximate surface area is 114 Å². The quantitative estimate of drug-likeness (QED) is 0.672. The van der Waals surface area contributed by atoms with Crippen molar-refractivity contribution in [1.29, 1.82) is 0 Å². The van der Waals surface area contributed by atoms with Crippen molar-refractivity contribution >= 4 is 5.69 Å². The highest BCUT2D eigenvalue weighted by Gasteiger charge is 2.01. The molecule has 0 saturated heterocycles. The fraction of sp³-hybridized carbons (Fsp3) is 0.0714. The van der Waals surface area contributed by atoms with Crippen LogP contribution in [0.4, 0.5) is 5.69 Å². The lowest BCUT2D eigenvalue weighted by molar-refractivity contribution is 1.01. The Kier molecular flexibility index (Phi) is 3.28. The molecule has 20 heavy (non-hydrogen) atoms. The number of H-pyrrole nitrogens is 2. The molecule has 2 heterocycles. The zero-order chi connectivity index (χ0) is 13.8. The van der Waals surface area contributed by atoms with Gasteiger partial charge >= 0.3 is 0 Å². The van der Waals surface area contributed by atoms with Crippen LogP contribution in [0.2, 0.25) is 0 Å². The molecule has 0 bridgehead atoms. The third kappa shape index (κ3) is 2.74. The minimum atomic E-state index is -0.134. The Morgan fingerprint density at radius 2 is 1.95 bits per heavy atom. The monoisotopic (exact) mass is 267 g/mol. The van der Waals surface area contributed by atoms with Crippen LogP contribution >= 0.6 is 0 Å². The van der Waals surface area contributed by atoms with Crippen molar-refractivity contribution in [2.24, 2.45) is 0 Å². The van der Waals surface area contributed by atoms with Crippen molar-refractivity contribution in [3.05, 3.63) is 65.0 Å². The molecular weight excluding hydrogens is 254 g/mol. The van der Waals surface area contributed by atoms with Crippen molar-refractivity contribution in [2.45, 2.75) is 6.54 Å². The van der Waals surface area contributed by atoms with Gasteiger partial charge in [-0.15, -0.1) is 0 Å². The molecular formula is C14H13N5O. The van der Waals surface area contributed by atoms with Crippen molar-refractivity contribution in [3.8, 4) is 11.3 Å². The summed E-state index contributed by atoms with van der Waals surface area (Å²) in [6.07, 6.45) is 5.05. The van der Waals surface area contributed by atoms with E-state index in [1.165, 1.54) is 6.07 Å². The Bertz CT molecular complexity index is 730. The predicted octanol–water partition coefficient (Wildman–Crippen LogP) is 1.77. The number of nitrogens with one attached hydrogen (secondary N) is 3. The molecule has 0 atom stereocenters. The SMILES string of the molecule is O=c1cc(-c2ccc(NCc3cnccn3)cc2)[nH][nH]1. The Morgan fingerprint density at radius 1 is 1.10 bits per heavy atom. The molecule has 100 valence electrons. The number of rotatable bonds is 4. The summed E-state index contributed by atoms with van der Waals surface area (Å²) in [6, 6.07) is 9.33. The van der Waals surface area contributed by atoms with Crippen LogP contribution in [0.3, 0.4) is 0 Å². The summed E-state index contributed by atoms with van der Waals surface area (Å²) in [4.78, 5) is 19.3. The molecule has 0 unspecified atom stereocenters. The highest BCUT2D eigenvalue weighted by Crippen LogP contribution is 2.18. The van der Waals surface area contributed by atoms with E-state index in [1.807, 2.05) is 24.3 Å². The molecule has 6 nitrogen and oxygen atoms in total. The van der Waals surface area contributed by atoms with Gasteiger partial charge in [0.15, 0.2) is 0 Å². The largest absolute Gasteiger partial charge is 0.379 e. The fourth-order valence-corrected chi connectivity index (χ4v) is 1.87. The molecule has 0 aliphatic carbocycles. The molecule has 0 saturated carbocycles. The standard InChI is InChI=1S/C14H13N5O/c20-14-7-13(18-19-14)10-1-3-11(4-2-10)17-9-12-8-15-5-6-16-12/h1-8,17H,9H2,(H2,18,19,20). The third-order valence-electron chi connectivity index (χ3n) is 2.88. The molecule has 0 spiro atoms. The van der Waals surface area contributed by atoms with Gasteiger partial charge in [-0.05, 0) is 17.7 Å². The van der Waals surface area contributed by atoms with Crippen LogP contribution in [-0.2, 0) is 6.54 Å². The Morgan fingerprint density at radius 3 is 2.60 bits per heavy atom. The van der Waals surface area contributed by atoms with Gasteiger partial charge in [-0.1, -0.05) is 12.1 Å². The normalized spacial score (nSPS) is 10.4. The van der Waals surface area contributed by atoms with Crippen LogP contribution in [0.15, 0.2) is 53.7 Å². The molecule has 0 amide bonds. The Hall–Kier alpha value is -2.89. The van der Waals surface area contributed by atoms with Gasteiger partial charge in [-0.2, -0.15) is 0 Å². The summed E-state index contributed by atoms with van der Waals surface area (Å²) in [7, 11) is 0. The topological polar surface area (TPSA) is 86.5 Å². The molecule has 0 radical (unpaired) electrons. The molecule has 1 aromatic carbocycles. The first kappa shape index (κ1) is 12.2. The summed E-state index contributed by atoms with van der Waals surface area (Å²) in [5.41, 5.74) is 3.46. The van der Waals surface area contributed by atoms with Crippen LogP contribution in [0.25, 0.3) is 11.3 Å². The summed E-state index contributed by atoms with van der Waals surface area (Å²) in [5.74, 6) is 0. The van der Waals surface area contributed by atoms with Crippen LogP contribution in [0.1, 0.15) is 5.69 Å². The van der Waals surface area contributed by atoms with E-state index in [-0.39, 0.29) is 5.56 Å². The average molecular weight is 267 g/mol. The number of hydrogen-bond donors (Lipinski definition) is 3. The van der Waals surface area contributed by atoms with Crippen LogP contribution in [0, 0.1) is 0 Å². The van der Waals surface area contributed by atoms with Gasteiger partial charge in [-0.3, -0.25) is 25.0 Å². The van der Waals surface area contributed by atoms with Gasteiger partial charge in [0.25, 0.3) is 5.56 Å². The highest BCUT2D eigenvalue weighted by atomic mass is 16.1. The minimum Gasteiger partial charge on any atom is -0.379 e. The van der Waals surface area contributed by atoms with Gasteiger partial charge in [0.1, 0.15) is 0 Å². The number of hydrogen-bond acceptors (Lipinski definition) is 4. The van der Waals surface area contributed by atoms with Crippen molar-refractivity contribution < 1.29 is 0 Å². The maximum Gasteiger partial charge on any atom is 0.264 e. The minimum absolute atomic E-state index is 0.134. The number of nitrogens with zero attached hydrogens (tertiary/aromatic N) is 2. The number of benzene rings is 1. The van der Waals surface area contributed by atoms with E-state index in [9.17, 15) is 4.79 Å². The summed E-state index contributed by atoms with van der Waals surface area (Å²) in [5, 5.41) is 8.60. The molecule has 3 rings (SSSR count). The second-order valence-electron chi connectivity index (χ2n) is 4.30. The lowest BCUT2D eigenvalue weighted by Crippen LogP contribution is -2.01. The Balaban J connectivity index is 1.69. The second-order valence-corrected chi connectivity index (χ2v) is 4.30. The lowest BCUT2D eigenvalue weighted by Gasteiger charge is -2.06. The first-order valence-electron chi connectivity index (χ1n) is 6.18. The lowest BCUT2D eigenvalue weighted by atomic mass is 10.1. The molecule has 3 aromatic rings. The van der Waals surface area contributed by atoms with Crippen molar-refractivity contribution in [3.63, 3.8) is 0 Å². The molecule has 3 N–H and O–H groups in total. The van der Waals surface area contributed by atoms with Crippen LogP contribution in [-0.4, -0.2) is 20.2 Å². The average Bonchev–Trinajstić information content (AvgIpc) is 2.93. The first-order chi connectivity index (χ1) is 9.81. The highest BCUT2D eigenvalue weighted by molar-refractivity contribution is 5.62. The molecule has 2 aromatic heterocycles. The van der Waals surface area contributed by atoms with Gasteiger partial charge in [-0.25, -0.2) is 0 Å². The maximum atomic E-state index is 11.1. The molecule has 6 heteroatoms. The second kappa shape index (κ2) is 5.40. The van der Waals surface area contributed by atoms with E-state index in [4.69, 9.17) is 0 Å². The third-order valence-corrected chi connectivity index (χ3v) is 2.88. The summed E-state index contributed by atoms with van der Waals surface area (Å²) in [6.45, 7) is 0.619. The number of aromatic nitrogens is 4. The van der Waals surface area contributed by atoms with Crippen LogP contribution < -0.4 is 10.9 Å². The maximum absolute atomic E-state index is 11.1. The van der Waals surface area contributed by atoms with E-state index in [1.54, 1.807) is 18.6 Å². The van der Waals surface area contributed by atoms with Gasteiger partial charge in [0.2, 0.25) is 0 Å². The van der Waals surface area contributed by atoms with E-state index >= 15 is 0 Å². The van der Waals surface area contributed by atoms with Gasteiger partial charge < -0.3 is 5.32 Å². The summed E-state index contributed by atoms with van der Waals surface area (Å²) < 4.78 is 0. The van der Waals surface area contributed by atoms with E-state index in [0.717, 1.165) is 22.6 Å². The molecule has 0 fully saturated rings. The summed E-state index contributed by atoms with van der Waals surface area (Å²) >= 11 is 0. The zero-order valence-electron chi connectivity index (χ0n) is 10.6. The number of anilines is 1. The van der Waals surface area contributed by atoms with Crippen molar-refractivity contribution in [1.82, 2.24) is 20.2 Å². The first-order valence-corrected chi connectivity index (χ1v) is 6.18. The van der Waals surface area contributed by atoms with Crippen LogP contribution in [0.5, 0.6) is 0 Å². The van der Waals surface area contributed by atoms with Crippen molar-refractivity contribution in [2.75, 3.05) is 5.32 Å². The van der Waals surface area contributed by atoms with Gasteiger partial charge in [0, 0.05) is 24.1 Å². The molecule has 0 aliphatic rings. The number of aromatic amines is 2. The fourth-order valence-electron chi connectivity index (χ4n) is 1.87. The van der Waals surface area contributed by atoms with Gasteiger partial charge in [0.05, 0.1) is 24.1 Å². The smallest absolute Gasteiger partial charge is 0.264 e. The predicted molar refractivity (Wildman–Crippen MR) is 76.2 cm³/mol. The van der Waals surface area contributed by atoms with E-state index < -0.39 is 0 Å². The van der Waals surface area contributed by atoms with E-state index in [2.05, 4.69) is 25.5 Å².